The lowest BCUT2D eigenvalue weighted by Crippen LogP contribution is -2.45. The SMILES string of the molecule is CN(C)C(=O)CN1CCC(C(=O)N2CCCCCC2)CC1. The topological polar surface area (TPSA) is 43.9 Å². The van der Waals surface area contributed by atoms with Crippen molar-refractivity contribution >= 4 is 11.8 Å². The monoisotopic (exact) mass is 295 g/mol. The highest BCUT2D eigenvalue weighted by Gasteiger charge is 2.29. The van der Waals surface area contributed by atoms with Gasteiger partial charge in [0.05, 0.1) is 6.54 Å². The van der Waals surface area contributed by atoms with Crippen LogP contribution in [0, 0.1) is 5.92 Å². The Balaban J connectivity index is 1.77. The van der Waals surface area contributed by atoms with E-state index >= 15 is 0 Å². The molecule has 0 N–H and O–H groups in total. The summed E-state index contributed by atoms with van der Waals surface area (Å²) in [6.45, 7) is 4.10. The Hall–Kier alpha value is -1.10. The van der Waals surface area contributed by atoms with Gasteiger partial charge in [0.15, 0.2) is 0 Å². The highest BCUT2D eigenvalue weighted by atomic mass is 16.2. The molecule has 0 bridgehead atoms. The summed E-state index contributed by atoms with van der Waals surface area (Å²) in [5.41, 5.74) is 0. The van der Waals surface area contributed by atoms with Gasteiger partial charge in [-0.2, -0.15) is 0 Å². The number of piperidine rings is 1. The standard InChI is InChI=1S/C16H29N3O2/c1-17(2)15(20)13-18-11-7-14(8-12-18)16(21)19-9-5-3-4-6-10-19/h14H,3-13H2,1-2H3. The number of hydrogen-bond donors (Lipinski definition) is 0. The van der Waals surface area contributed by atoms with Gasteiger partial charge in [0.1, 0.15) is 0 Å². The molecule has 0 atom stereocenters. The third kappa shape index (κ3) is 4.70. The summed E-state index contributed by atoms with van der Waals surface area (Å²) < 4.78 is 0. The van der Waals surface area contributed by atoms with Gasteiger partial charge in [-0.05, 0) is 38.8 Å². The predicted octanol–water partition coefficient (Wildman–Crippen LogP) is 1.19. The molecule has 120 valence electrons. The third-order valence-corrected chi connectivity index (χ3v) is 4.71. The minimum absolute atomic E-state index is 0.146. The molecule has 2 amide bonds. The Morgan fingerprint density at radius 1 is 0.952 bits per heavy atom. The van der Waals surface area contributed by atoms with Gasteiger partial charge in [-0.25, -0.2) is 0 Å². The van der Waals surface area contributed by atoms with Crippen LogP contribution in [0.4, 0.5) is 0 Å². The highest BCUT2D eigenvalue weighted by Crippen LogP contribution is 2.21. The molecular weight excluding hydrogens is 266 g/mol. The van der Waals surface area contributed by atoms with E-state index in [1.807, 2.05) is 0 Å². The Morgan fingerprint density at radius 3 is 2.05 bits per heavy atom. The van der Waals surface area contributed by atoms with Crippen LogP contribution in [-0.2, 0) is 9.59 Å². The van der Waals surface area contributed by atoms with Crippen LogP contribution < -0.4 is 0 Å². The average Bonchev–Trinajstić information content (AvgIpc) is 2.76. The fourth-order valence-electron chi connectivity index (χ4n) is 3.22. The van der Waals surface area contributed by atoms with E-state index in [9.17, 15) is 9.59 Å². The van der Waals surface area contributed by atoms with Crippen LogP contribution in [-0.4, -0.2) is 73.3 Å². The molecule has 2 saturated heterocycles. The van der Waals surface area contributed by atoms with Gasteiger partial charge in [0, 0.05) is 33.1 Å². The molecule has 21 heavy (non-hydrogen) atoms. The van der Waals surface area contributed by atoms with E-state index in [0.717, 1.165) is 51.9 Å². The fraction of sp³-hybridized carbons (Fsp3) is 0.875. The van der Waals surface area contributed by atoms with Crippen molar-refractivity contribution in [2.75, 3.05) is 46.8 Å². The Morgan fingerprint density at radius 2 is 1.52 bits per heavy atom. The Bertz CT molecular complexity index is 355. The van der Waals surface area contributed by atoms with E-state index in [-0.39, 0.29) is 11.8 Å². The molecule has 2 fully saturated rings. The molecule has 2 aliphatic rings. The maximum absolute atomic E-state index is 12.6. The molecule has 0 aromatic rings. The van der Waals surface area contributed by atoms with Crippen LogP contribution in [0.2, 0.25) is 0 Å². The van der Waals surface area contributed by atoms with E-state index in [4.69, 9.17) is 0 Å². The molecule has 0 saturated carbocycles. The number of nitrogens with zero attached hydrogens (tertiary/aromatic N) is 3. The number of likely N-dealkylation sites (N-methyl/N-ethyl adjacent to an activating group) is 1. The first-order valence-electron chi connectivity index (χ1n) is 8.29. The largest absolute Gasteiger partial charge is 0.348 e. The smallest absolute Gasteiger partial charge is 0.236 e. The molecule has 0 aliphatic carbocycles. The van der Waals surface area contributed by atoms with Gasteiger partial charge in [-0.15, -0.1) is 0 Å². The van der Waals surface area contributed by atoms with Crippen LogP contribution >= 0.6 is 0 Å². The quantitative estimate of drug-likeness (QED) is 0.785. The highest BCUT2D eigenvalue weighted by molar-refractivity contribution is 5.79. The van der Waals surface area contributed by atoms with Crippen LogP contribution in [0.25, 0.3) is 0 Å². The number of rotatable bonds is 3. The Labute approximate surface area is 128 Å². The zero-order valence-corrected chi connectivity index (χ0v) is 13.5. The molecule has 0 aromatic heterocycles. The first-order valence-corrected chi connectivity index (χ1v) is 8.29. The van der Waals surface area contributed by atoms with Crippen molar-refractivity contribution in [3.8, 4) is 0 Å². The first kappa shape index (κ1) is 16.3. The second-order valence-electron chi connectivity index (χ2n) is 6.58. The number of carbonyl (C=O) groups excluding carboxylic acids is 2. The predicted molar refractivity (Wildman–Crippen MR) is 82.9 cm³/mol. The lowest BCUT2D eigenvalue weighted by atomic mass is 9.95. The van der Waals surface area contributed by atoms with Crippen LogP contribution in [0.3, 0.4) is 0 Å². The van der Waals surface area contributed by atoms with E-state index in [0.29, 0.717) is 12.5 Å². The Kier molecular flexibility index (Phi) is 6.03. The second kappa shape index (κ2) is 7.78. The first-order chi connectivity index (χ1) is 10.1. The summed E-state index contributed by atoms with van der Waals surface area (Å²) in [5, 5.41) is 0. The molecule has 5 heteroatoms. The second-order valence-corrected chi connectivity index (χ2v) is 6.58. The molecule has 0 radical (unpaired) electrons. The summed E-state index contributed by atoms with van der Waals surface area (Å²) in [5.74, 6) is 0.677. The van der Waals surface area contributed by atoms with Crippen molar-refractivity contribution in [2.24, 2.45) is 5.92 Å². The molecule has 2 aliphatic heterocycles. The van der Waals surface area contributed by atoms with E-state index < -0.39 is 0 Å². The normalized spacial score (nSPS) is 21.9. The van der Waals surface area contributed by atoms with Crippen molar-refractivity contribution in [3.63, 3.8) is 0 Å². The molecular formula is C16H29N3O2. The van der Waals surface area contributed by atoms with E-state index in [1.165, 1.54) is 12.8 Å². The van der Waals surface area contributed by atoms with Crippen molar-refractivity contribution < 1.29 is 9.59 Å². The number of carbonyl (C=O) groups is 2. The number of amides is 2. The summed E-state index contributed by atoms with van der Waals surface area (Å²) in [7, 11) is 3.58. The van der Waals surface area contributed by atoms with Crippen molar-refractivity contribution in [3.05, 3.63) is 0 Å². The summed E-state index contributed by atoms with van der Waals surface area (Å²) in [6, 6.07) is 0. The van der Waals surface area contributed by atoms with Gasteiger partial charge in [0.2, 0.25) is 11.8 Å². The summed E-state index contributed by atoms with van der Waals surface area (Å²) in [4.78, 5) is 30.2. The van der Waals surface area contributed by atoms with Crippen LogP contribution in [0.15, 0.2) is 0 Å². The zero-order chi connectivity index (χ0) is 15.2. The molecule has 2 heterocycles. The summed E-state index contributed by atoms with van der Waals surface area (Å²) >= 11 is 0. The van der Waals surface area contributed by atoms with Crippen LogP contribution in [0.5, 0.6) is 0 Å². The lowest BCUT2D eigenvalue weighted by molar-refractivity contribution is -0.137. The third-order valence-electron chi connectivity index (χ3n) is 4.71. The molecule has 5 nitrogen and oxygen atoms in total. The van der Waals surface area contributed by atoms with Crippen molar-refractivity contribution in [1.82, 2.24) is 14.7 Å². The number of likely N-dealkylation sites (tertiary alicyclic amines) is 2. The number of hydrogen-bond acceptors (Lipinski definition) is 3. The minimum Gasteiger partial charge on any atom is -0.348 e. The molecule has 0 unspecified atom stereocenters. The van der Waals surface area contributed by atoms with Gasteiger partial charge in [-0.1, -0.05) is 12.8 Å². The molecule has 2 rings (SSSR count). The van der Waals surface area contributed by atoms with Gasteiger partial charge in [0.25, 0.3) is 0 Å². The average molecular weight is 295 g/mol. The maximum Gasteiger partial charge on any atom is 0.236 e. The van der Waals surface area contributed by atoms with E-state index in [1.54, 1.807) is 19.0 Å². The minimum atomic E-state index is 0.146. The van der Waals surface area contributed by atoms with Gasteiger partial charge < -0.3 is 9.80 Å². The summed E-state index contributed by atoms with van der Waals surface area (Å²) in [6.07, 6.45) is 6.62. The lowest BCUT2D eigenvalue weighted by Gasteiger charge is -2.34. The molecule has 0 spiro atoms. The van der Waals surface area contributed by atoms with Gasteiger partial charge in [-0.3, -0.25) is 14.5 Å². The van der Waals surface area contributed by atoms with Gasteiger partial charge >= 0.3 is 0 Å². The van der Waals surface area contributed by atoms with Crippen molar-refractivity contribution in [2.45, 2.75) is 38.5 Å². The van der Waals surface area contributed by atoms with Crippen LogP contribution in [0.1, 0.15) is 38.5 Å². The van der Waals surface area contributed by atoms with Crippen molar-refractivity contribution in [1.29, 1.82) is 0 Å². The molecule has 0 aromatic carbocycles. The zero-order valence-electron chi connectivity index (χ0n) is 13.5. The fourth-order valence-corrected chi connectivity index (χ4v) is 3.22. The van der Waals surface area contributed by atoms with E-state index in [2.05, 4.69) is 9.80 Å². The maximum atomic E-state index is 12.6.